The molecule has 0 rings (SSSR count). The average molecular weight is 413 g/mol. The quantitative estimate of drug-likeness (QED) is 0.599. The molecule has 8 heteroatoms. The van der Waals surface area contributed by atoms with Crippen LogP contribution < -0.4 is 5.32 Å². The molecule has 0 aliphatic carbocycles. The Morgan fingerprint density at radius 2 is 1.46 bits per heavy atom. The fourth-order valence-electron chi connectivity index (χ4n) is 1.20. The van der Waals surface area contributed by atoms with Crippen molar-refractivity contribution in [1.29, 1.82) is 0 Å². The van der Waals surface area contributed by atoms with Crippen LogP contribution in [-0.2, 0) is 9.53 Å². The van der Waals surface area contributed by atoms with Crippen molar-refractivity contribution in [2.75, 3.05) is 32.1 Å². The Morgan fingerprint density at radius 1 is 1.00 bits per heavy atom. The number of carbonyl (C=O) groups excluding carboxylic acids is 3. The van der Waals surface area contributed by atoms with Crippen molar-refractivity contribution in [2.24, 2.45) is 0 Å². The third kappa shape index (κ3) is 23.1. The van der Waals surface area contributed by atoms with Gasteiger partial charge < -0.3 is 15.0 Å². The fourth-order valence-corrected chi connectivity index (χ4v) is 2.40. The highest BCUT2D eigenvalue weighted by Crippen LogP contribution is 2.11. The molecule has 0 unspecified atom stereocenters. The molecule has 1 N–H and O–H groups in total. The molecule has 0 heterocycles. The van der Waals surface area contributed by atoms with Gasteiger partial charge in [-0.25, -0.2) is 0 Å². The summed E-state index contributed by atoms with van der Waals surface area (Å²) in [5.74, 6) is 1.32. The standard InChI is InChI=1S/C11H21NO3S.C5H11NOS.2CH4/c1-6-7-16-10(14)12(5)8-9(13)15-11(2,3)4;1-3-4-8-5(7)6-2;;/h6-8H2,1-5H3;3-4H2,1-2H3,(H,6,7);2*1H4. The van der Waals surface area contributed by atoms with Crippen molar-refractivity contribution in [1.82, 2.24) is 10.2 Å². The van der Waals surface area contributed by atoms with E-state index >= 15 is 0 Å². The van der Waals surface area contributed by atoms with Gasteiger partial charge >= 0.3 is 5.97 Å². The number of hydrogen-bond acceptors (Lipinski definition) is 6. The maximum atomic E-state index is 11.5. The van der Waals surface area contributed by atoms with Crippen molar-refractivity contribution in [3.8, 4) is 0 Å². The number of amides is 2. The highest BCUT2D eigenvalue weighted by Gasteiger charge is 2.19. The number of carbonyl (C=O) groups is 3. The third-order valence-corrected chi connectivity index (χ3v) is 4.42. The van der Waals surface area contributed by atoms with Crippen LogP contribution in [0.25, 0.3) is 0 Å². The largest absolute Gasteiger partial charge is 0.459 e. The van der Waals surface area contributed by atoms with Crippen LogP contribution in [0, 0.1) is 0 Å². The lowest BCUT2D eigenvalue weighted by Gasteiger charge is -2.22. The Labute approximate surface area is 169 Å². The van der Waals surface area contributed by atoms with Crippen molar-refractivity contribution in [3.05, 3.63) is 0 Å². The topological polar surface area (TPSA) is 75.7 Å². The molecule has 0 radical (unpaired) electrons. The molecule has 0 saturated heterocycles. The minimum atomic E-state index is -0.502. The number of ether oxygens (including phenoxy) is 1. The first-order valence-electron chi connectivity index (χ1n) is 8.01. The van der Waals surface area contributed by atoms with E-state index in [-0.39, 0.29) is 37.8 Å². The Morgan fingerprint density at radius 3 is 1.85 bits per heavy atom. The molecule has 0 aliphatic heterocycles. The fraction of sp³-hybridized carbons (Fsp3) is 0.833. The summed E-state index contributed by atoms with van der Waals surface area (Å²) in [6.45, 7) is 9.48. The highest BCUT2D eigenvalue weighted by atomic mass is 32.2. The molecule has 2 amide bonds. The van der Waals surface area contributed by atoms with E-state index in [0.29, 0.717) is 0 Å². The van der Waals surface area contributed by atoms with Gasteiger partial charge in [-0.05, 0) is 33.6 Å². The van der Waals surface area contributed by atoms with Crippen LogP contribution in [0.3, 0.4) is 0 Å². The first kappa shape index (κ1) is 32.8. The Kier molecular flexibility index (Phi) is 23.8. The Bertz CT molecular complexity index is 386. The molecule has 0 atom stereocenters. The van der Waals surface area contributed by atoms with Gasteiger partial charge in [-0.3, -0.25) is 14.4 Å². The maximum Gasteiger partial charge on any atom is 0.326 e. The van der Waals surface area contributed by atoms with E-state index in [1.807, 2.05) is 6.92 Å². The molecule has 0 spiro atoms. The summed E-state index contributed by atoms with van der Waals surface area (Å²) < 4.78 is 5.12. The Balaban J connectivity index is -0.000000208. The van der Waals surface area contributed by atoms with E-state index < -0.39 is 5.60 Å². The lowest BCUT2D eigenvalue weighted by molar-refractivity contribution is -0.155. The van der Waals surface area contributed by atoms with Crippen molar-refractivity contribution >= 4 is 40.0 Å². The second-order valence-corrected chi connectivity index (χ2v) is 8.06. The van der Waals surface area contributed by atoms with Gasteiger partial charge in [0.05, 0.1) is 0 Å². The Hall–Kier alpha value is -0.890. The summed E-state index contributed by atoms with van der Waals surface area (Å²) >= 11 is 2.55. The number of nitrogens with zero attached hydrogens (tertiary/aromatic N) is 1. The van der Waals surface area contributed by atoms with Gasteiger partial charge in [-0.1, -0.05) is 52.2 Å². The van der Waals surface area contributed by atoms with E-state index in [9.17, 15) is 14.4 Å². The van der Waals surface area contributed by atoms with Gasteiger partial charge in [-0.2, -0.15) is 0 Å². The van der Waals surface area contributed by atoms with Crippen molar-refractivity contribution in [2.45, 2.75) is 67.9 Å². The van der Waals surface area contributed by atoms with E-state index in [4.69, 9.17) is 4.74 Å². The van der Waals surface area contributed by atoms with E-state index in [1.165, 1.54) is 28.4 Å². The van der Waals surface area contributed by atoms with Gasteiger partial charge in [0.15, 0.2) is 0 Å². The predicted octanol–water partition coefficient (Wildman–Crippen LogP) is 5.26. The number of likely N-dealkylation sites (N-methyl/N-ethyl adjacent to an activating group) is 1. The summed E-state index contributed by atoms with van der Waals surface area (Å²) in [6, 6.07) is 0. The van der Waals surface area contributed by atoms with Gasteiger partial charge in [0.1, 0.15) is 12.1 Å². The minimum Gasteiger partial charge on any atom is -0.459 e. The molecule has 0 aromatic heterocycles. The van der Waals surface area contributed by atoms with Crippen LogP contribution in [-0.4, -0.2) is 59.1 Å². The predicted molar refractivity (Wildman–Crippen MR) is 117 cm³/mol. The molecular formula is C18H40N2O4S2. The summed E-state index contributed by atoms with van der Waals surface area (Å²) in [4.78, 5) is 34.7. The number of rotatable bonds is 6. The molecule has 0 bridgehead atoms. The lowest BCUT2D eigenvalue weighted by Crippen LogP contribution is -2.34. The van der Waals surface area contributed by atoms with E-state index in [2.05, 4.69) is 12.2 Å². The molecule has 0 fully saturated rings. The zero-order chi connectivity index (χ0) is 19.2. The molecule has 0 aromatic rings. The third-order valence-electron chi connectivity index (χ3n) is 2.17. The smallest absolute Gasteiger partial charge is 0.326 e. The number of thioether (sulfide) groups is 2. The molecule has 26 heavy (non-hydrogen) atoms. The average Bonchev–Trinajstić information content (AvgIpc) is 2.48. The second-order valence-electron chi connectivity index (χ2n) is 5.94. The zero-order valence-corrected chi connectivity index (χ0v) is 17.6. The van der Waals surface area contributed by atoms with Crippen LogP contribution in [0.15, 0.2) is 0 Å². The van der Waals surface area contributed by atoms with Crippen LogP contribution in [0.2, 0.25) is 0 Å². The monoisotopic (exact) mass is 412 g/mol. The van der Waals surface area contributed by atoms with Crippen molar-refractivity contribution in [3.63, 3.8) is 0 Å². The van der Waals surface area contributed by atoms with Crippen LogP contribution in [0.1, 0.15) is 62.3 Å². The van der Waals surface area contributed by atoms with Crippen LogP contribution in [0.5, 0.6) is 0 Å². The van der Waals surface area contributed by atoms with Crippen LogP contribution >= 0.6 is 23.5 Å². The van der Waals surface area contributed by atoms with Gasteiger partial charge in [0.2, 0.25) is 0 Å². The van der Waals surface area contributed by atoms with Crippen molar-refractivity contribution < 1.29 is 19.1 Å². The number of esters is 1. The maximum absolute atomic E-state index is 11.5. The van der Waals surface area contributed by atoms with Gasteiger partial charge in [-0.15, -0.1) is 0 Å². The molecule has 0 aromatic carbocycles. The zero-order valence-electron chi connectivity index (χ0n) is 15.9. The number of hydrogen-bond donors (Lipinski definition) is 1. The SMILES string of the molecule is C.C.CCCSC(=O)N(C)CC(=O)OC(C)(C)C.CCCSC(=O)NC. The summed E-state index contributed by atoms with van der Waals surface area (Å²) in [5.41, 5.74) is -0.502. The minimum absolute atomic E-state index is 0. The molecule has 0 saturated carbocycles. The van der Waals surface area contributed by atoms with E-state index in [0.717, 1.165) is 24.3 Å². The second kappa shape index (κ2) is 18.9. The molecule has 0 aliphatic rings. The van der Waals surface area contributed by atoms with Crippen LogP contribution in [0.4, 0.5) is 9.59 Å². The first-order chi connectivity index (χ1) is 11.1. The molecule has 6 nitrogen and oxygen atoms in total. The lowest BCUT2D eigenvalue weighted by atomic mass is 10.2. The molecule has 158 valence electrons. The summed E-state index contributed by atoms with van der Waals surface area (Å²) in [7, 11) is 3.25. The normalized spacial score (nSPS) is 9.50. The first-order valence-corrected chi connectivity index (χ1v) is 9.98. The van der Waals surface area contributed by atoms with Gasteiger partial charge in [0, 0.05) is 25.6 Å². The summed E-state index contributed by atoms with van der Waals surface area (Å²) in [6.07, 6.45) is 1.99. The molecular weight excluding hydrogens is 372 g/mol. The summed E-state index contributed by atoms with van der Waals surface area (Å²) in [5, 5.41) is 2.50. The van der Waals surface area contributed by atoms with Gasteiger partial charge in [0.25, 0.3) is 10.5 Å². The number of nitrogens with one attached hydrogen (secondary N) is 1. The highest BCUT2D eigenvalue weighted by molar-refractivity contribution is 8.13. The van der Waals surface area contributed by atoms with E-state index in [1.54, 1.807) is 34.9 Å².